The zero-order chi connectivity index (χ0) is 22.5. The number of ether oxygens (including phenoxy) is 1. The van der Waals surface area contributed by atoms with E-state index in [9.17, 15) is 4.79 Å². The van der Waals surface area contributed by atoms with Crippen molar-refractivity contribution in [2.45, 2.75) is 26.0 Å². The Hall–Kier alpha value is -3.38. The zero-order valence-corrected chi connectivity index (χ0v) is 19.3. The maximum atomic E-state index is 12.7. The van der Waals surface area contributed by atoms with Gasteiger partial charge in [0.15, 0.2) is 5.13 Å². The van der Waals surface area contributed by atoms with Gasteiger partial charge in [-0.1, -0.05) is 65.9 Å². The van der Waals surface area contributed by atoms with Crippen molar-refractivity contribution < 1.29 is 9.53 Å². The number of thiazole rings is 1. The maximum absolute atomic E-state index is 12.7. The third-order valence-corrected chi connectivity index (χ3v) is 7.15. The van der Waals surface area contributed by atoms with Crippen LogP contribution in [-0.4, -0.2) is 24.0 Å². The van der Waals surface area contributed by atoms with Gasteiger partial charge in [-0.25, -0.2) is 4.98 Å². The van der Waals surface area contributed by atoms with Gasteiger partial charge in [0.05, 0.1) is 10.2 Å². The fourth-order valence-corrected chi connectivity index (χ4v) is 5.12. The zero-order valence-electron chi connectivity index (χ0n) is 18.4. The van der Waals surface area contributed by atoms with Gasteiger partial charge in [0, 0.05) is 25.6 Å². The van der Waals surface area contributed by atoms with Crippen LogP contribution in [0, 0.1) is 5.92 Å². The van der Waals surface area contributed by atoms with E-state index in [2.05, 4.69) is 22.3 Å². The van der Waals surface area contributed by atoms with E-state index in [4.69, 9.17) is 9.72 Å². The number of nitrogens with one attached hydrogen (secondary N) is 1. The summed E-state index contributed by atoms with van der Waals surface area (Å²) in [4.78, 5) is 19.8. The number of para-hydroxylation sites is 1. The topological polar surface area (TPSA) is 54.5 Å². The monoisotopic (exact) mass is 457 g/mol. The van der Waals surface area contributed by atoms with Gasteiger partial charge in [-0.3, -0.25) is 4.79 Å². The normalized spacial score (nSPS) is 14.4. The molecule has 4 aromatic rings. The summed E-state index contributed by atoms with van der Waals surface area (Å²) in [5.74, 6) is 1.03. The highest BCUT2D eigenvalue weighted by Crippen LogP contribution is 2.31. The third-order valence-electron chi connectivity index (χ3n) is 6.06. The molecule has 0 saturated carbocycles. The van der Waals surface area contributed by atoms with Crippen LogP contribution in [0.2, 0.25) is 0 Å². The van der Waals surface area contributed by atoms with Gasteiger partial charge in [-0.15, -0.1) is 0 Å². The van der Waals surface area contributed by atoms with Crippen molar-refractivity contribution in [3.63, 3.8) is 0 Å². The van der Waals surface area contributed by atoms with Crippen LogP contribution in [0.5, 0.6) is 5.75 Å². The summed E-state index contributed by atoms with van der Waals surface area (Å²) in [6.07, 6.45) is 1.71. The lowest BCUT2D eigenvalue weighted by atomic mass is 9.96. The van der Waals surface area contributed by atoms with E-state index < -0.39 is 0 Å². The summed E-state index contributed by atoms with van der Waals surface area (Å²) in [6, 6.07) is 26.3. The van der Waals surface area contributed by atoms with Crippen molar-refractivity contribution in [3.05, 3.63) is 90.0 Å². The number of fused-ring (bicyclic) bond motifs is 1. The Morgan fingerprint density at radius 3 is 2.42 bits per heavy atom. The molecule has 3 aromatic carbocycles. The number of carbonyl (C=O) groups is 1. The van der Waals surface area contributed by atoms with Gasteiger partial charge >= 0.3 is 0 Å². The van der Waals surface area contributed by atoms with Crippen molar-refractivity contribution in [1.82, 2.24) is 10.3 Å². The molecule has 1 saturated heterocycles. The highest BCUT2D eigenvalue weighted by atomic mass is 32.1. The highest BCUT2D eigenvalue weighted by molar-refractivity contribution is 7.22. The van der Waals surface area contributed by atoms with Crippen molar-refractivity contribution >= 4 is 32.6 Å². The van der Waals surface area contributed by atoms with E-state index in [0.717, 1.165) is 53.5 Å². The standard InChI is InChI=1S/C27H27N3O2S/c31-26(22-14-16-30(17-15-22)27-29-24-8-4-5-9-25(24)33-27)28-18-20-10-12-23(13-11-20)32-19-21-6-2-1-3-7-21/h1-13,22H,14-19H2,(H,28,31). The average molecular weight is 458 g/mol. The predicted octanol–water partition coefficient (Wildman–Crippen LogP) is 5.41. The Morgan fingerprint density at radius 2 is 1.67 bits per heavy atom. The van der Waals surface area contributed by atoms with Gasteiger partial charge < -0.3 is 15.0 Å². The second-order valence-corrected chi connectivity index (χ2v) is 9.37. The Labute approximate surface area is 198 Å². The lowest BCUT2D eigenvalue weighted by Gasteiger charge is -2.31. The molecule has 0 radical (unpaired) electrons. The number of carbonyl (C=O) groups excluding carboxylic acids is 1. The number of piperidine rings is 1. The Kier molecular flexibility index (Phi) is 6.53. The number of nitrogens with zero attached hydrogens (tertiary/aromatic N) is 2. The molecular formula is C27H27N3O2S. The van der Waals surface area contributed by atoms with Crippen LogP contribution in [0.4, 0.5) is 5.13 Å². The highest BCUT2D eigenvalue weighted by Gasteiger charge is 2.26. The summed E-state index contributed by atoms with van der Waals surface area (Å²) in [5, 5.41) is 4.17. The molecule has 6 heteroatoms. The van der Waals surface area contributed by atoms with Crippen LogP contribution in [0.1, 0.15) is 24.0 Å². The van der Waals surface area contributed by atoms with Gasteiger partial charge in [-0.05, 0) is 48.2 Å². The van der Waals surface area contributed by atoms with Crippen LogP contribution in [0.15, 0.2) is 78.9 Å². The molecule has 1 aromatic heterocycles. The van der Waals surface area contributed by atoms with E-state index >= 15 is 0 Å². The molecule has 5 nitrogen and oxygen atoms in total. The van der Waals surface area contributed by atoms with Crippen molar-refractivity contribution in [2.75, 3.05) is 18.0 Å². The minimum absolute atomic E-state index is 0.0594. The number of rotatable bonds is 7. The molecule has 0 bridgehead atoms. The number of aromatic nitrogens is 1. The minimum Gasteiger partial charge on any atom is -0.489 e. The molecule has 5 rings (SSSR count). The third kappa shape index (κ3) is 5.34. The summed E-state index contributed by atoms with van der Waals surface area (Å²) in [6.45, 7) is 2.82. The molecule has 1 aliphatic heterocycles. The summed E-state index contributed by atoms with van der Waals surface area (Å²) in [5.41, 5.74) is 3.26. The number of hydrogen-bond acceptors (Lipinski definition) is 5. The summed E-state index contributed by atoms with van der Waals surface area (Å²) >= 11 is 1.73. The SMILES string of the molecule is O=C(NCc1ccc(OCc2ccccc2)cc1)C1CCN(c2nc3ccccc3s2)CC1. The van der Waals surface area contributed by atoms with E-state index in [1.54, 1.807) is 11.3 Å². The van der Waals surface area contributed by atoms with Crippen molar-refractivity contribution in [1.29, 1.82) is 0 Å². The number of hydrogen-bond donors (Lipinski definition) is 1. The summed E-state index contributed by atoms with van der Waals surface area (Å²) in [7, 11) is 0. The Balaban J connectivity index is 1.07. The first kappa shape index (κ1) is 21.5. The number of benzene rings is 3. The second kappa shape index (κ2) is 10.0. The van der Waals surface area contributed by atoms with E-state index in [-0.39, 0.29) is 11.8 Å². The van der Waals surface area contributed by atoms with Crippen molar-refractivity contribution in [2.24, 2.45) is 5.92 Å². The predicted molar refractivity (Wildman–Crippen MR) is 134 cm³/mol. The molecule has 1 fully saturated rings. The molecule has 1 N–H and O–H groups in total. The lowest BCUT2D eigenvalue weighted by Crippen LogP contribution is -2.40. The smallest absolute Gasteiger partial charge is 0.223 e. The van der Waals surface area contributed by atoms with E-state index in [0.29, 0.717) is 13.2 Å². The Morgan fingerprint density at radius 1 is 0.939 bits per heavy atom. The van der Waals surface area contributed by atoms with Gasteiger partial charge in [0.25, 0.3) is 0 Å². The fourth-order valence-electron chi connectivity index (χ4n) is 4.11. The van der Waals surface area contributed by atoms with E-state index in [1.165, 1.54) is 4.70 Å². The molecule has 168 valence electrons. The Bertz CT molecular complexity index is 1170. The quantitative estimate of drug-likeness (QED) is 0.403. The van der Waals surface area contributed by atoms with E-state index in [1.807, 2.05) is 66.7 Å². The molecule has 0 atom stereocenters. The van der Waals surface area contributed by atoms with Crippen LogP contribution in [0.3, 0.4) is 0 Å². The molecular weight excluding hydrogens is 430 g/mol. The largest absolute Gasteiger partial charge is 0.489 e. The van der Waals surface area contributed by atoms with Crippen LogP contribution >= 0.6 is 11.3 Å². The number of amides is 1. The number of anilines is 1. The molecule has 2 heterocycles. The molecule has 0 unspecified atom stereocenters. The lowest BCUT2D eigenvalue weighted by molar-refractivity contribution is -0.125. The summed E-state index contributed by atoms with van der Waals surface area (Å²) < 4.78 is 7.05. The first-order chi connectivity index (χ1) is 16.2. The second-order valence-electron chi connectivity index (χ2n) is 8.36. The molecule has 1 amide bonds. The maximum Gasteiger partial charge on any atom is 0.223 e. The molecule has 33 heavy (non-hydrogen) atoms. The first-order valence-electron chi connectivity index (χ1n) is 11.4. The van der Waals surface area contributed by atoms with Crippen LogP contribution in [0.25, 0.3) is 10.2 Å². The van der Waals surface area contributed by atoms with Gasteiger partial charge in [-0.2, -0.15) is 0 Å². The fraction of sp³-hybridized carbons (Fsp3) is 0.259. The van der Waals surface area contributed by atoms with Crippen LogP contribution < -0.4 is 15.0 Å². The average Bonchev–Trinajstić information content (AvgIpc) is 3.32. The molecule has 1 aliphatic rings. The minimum atomic E-state index is 0.0594. The first-order valence-corrected chi connectivity index (χ1v) is 12.2. The molecule has 0 aliphatic carbocycles. The van der Waals surface area contributed by atoms with Gasteiger partial charge in [0.1, 0.15) is 12.4 Å². The van der Waals surface area contributed by atoms with Crippen LogP contribution in [-0.2, 0) is 17.9 Å². The van der Waals surface area contributed by atoms with Crippen molar-refractivity contribution in [3.8, 4) is 5.75 Å². The molecule has 0 spiro atoms. The van der Waals surface area contributed by atoms with Gasteiger partial charge in [0.2, 0.25) is 5.91 Å².